The number of nitrogens with one attached hydrogen (secondary N) is 1. The van der Waals surface area contributed by atoms with Gasteiger partial charge in [0.1, 0.15) is 6.54 Å². The molecule has 8 heteroatoms. The molecule has 144 valence electrons. The number of carbonyl (C=O) groups excluding carboxylic acids is 1. The molecule has 0 aliphatic heterocycles. The molecule has 3 aromatic carbocycles. The fourth-order valence-corrected chi connectivity index (χ4v) is 4.18. The first kappa shape index (κ1) is 20.2. The minimum absolute atomic E-state index is 0.0272. The predicted octanol–water partition coefficient (Wildman–Crippen LogP) is 4.83. The molecule has 0 spiro atoms. The molecule has 0 saturated carbocycles. The number of sulfonamides is 1. The highest BCUT2D eigenvalue weighted by molar-refractivity contribution is 7.92. The monoisotopic (exact) mass is 434 g/mol. The van der Waals surface area contributed by atoms with Gasteiger partial charge in [-0.2, -0.15) is 0 Å². The van der Waals surface area contributed by atoms with Crippen LogP contribution in [0.25, 0.3) is 0 Å². The van der Waals surface area contributed by atoms with E-state index in [4.69, 9.17) is 23.2 Å². The lowest BCUT2D eigenvalue weighted by molar-refractivity contribution is -0.114. The van der Waals surface area contributed by atoms with E-state index in [-0.39, 0.29) is 4.90 Å². The van der Waals surface area contributed by atoms with Gasteiger partial charge in [0.25, 0.3) is 10.0 Å². The molecular weight excluding hydrogens is 419 g/mol. The van der Waals surface area contributed by atoms with E-state index in [1.165, 1.54) is 24.3 Å². The standard InChI is InChI=1S/C20H16Cl2N2O3S/c21-15-6-10-18(11-7-15)24(14-20(25)23-17-4-2-1-3-5-17)28(26,27)19-12-8-16(22)9-13-19/h1-13H,14H2,(H,23,25). The van der Waals surface area contributed by atoms with E-state index in [0.29, 0.717) is 21.4 Å². The number of halogens is 2. The van der Waals surface area contributed by atoms with Gasteiger partial charge in [0, 0.05) is 15.7 Å². The van der Waals surface area contributed by atoms with Crippen LogP contribution in [0.2, 0.25) is 10.0 Å². The molecule has 0 saturated heterocycles. The van der Waals surface area contributed by atoms with E-state index in [0.717, 1.165) is 4.31 Å². The lowest BCUT2D eigenvalue weighted by Gasteiger charge is -2.24. The normalized spacial score (nSPS) is 11.1. The molecule has 0 heterocycles. The van der Waals surface area contributed by atoms with Crippen molar-refractivity contribution in [1.29, 1.82) is 0 Å². The third-order valence-electron chi connectivity index (χ3n) is 3.86. The van der Waals surface area contributed by atoms with Crippen molar-refractivity contribution in [3.05, 3.63) is 88.9 Å². The van der Waals surface area contributed by atoms with Crippen LogP contribution in [-0.4, -0.2) is 20.9 Å². The van der Waals surface area contributed by atoms with Gasteiger partial charge in [0.15, 0.2) is 0 Å². The molecule has 0 bridgehead atoms. The molecule has 3 aromatic rings. The van der Waals surface area contributed by atoms with Crippen molar-refractivity contribution in [3.8, 4) is 0 Å². The lowest BCUT2D eigenvalue weighted by Crippen LogP contribution is -2.38. The van der Waals surface area contributed by atoms with Gasteiger partial charge in [0.2, 0.25) is 5.91 Å². The minimum atomic E-state index is -4.00. The van der Waals surface area contributed by atoms with Crippen molar-refractivity contribution in [1.82, 2.24) is 0 Å². The van der Waals surface area contributed by atoms with Crippen LogP contribution in [0.4, 0.5) is 11.4 Å². The molecule has 0 fully saturated rings. The van der Waals surface area contributed by atoms with Crippen LogP contribution in [0.1, 0.15) is 0 Å². The molecular formula is C20H16Cl2N2O3S. The average Bonchev–Trinajstić information content (AvgIpc) is 2.68. The molecule has 5 nitrogen and oxygen atoms in total. The molecule has 0 aliphatic rings. The van der Waals surface area contributed by atoms with Gasteiger partial charge in [0.05, 0.1) is 10.6 Å². The Morgan fingerprint density at radius 3 is 1.93 bits per heavy atom. The summed E-state index contributed by atoms with van der Waals surface area (Å²) in [7, 11) is -4.00. The maximum absolute atomic E-state index is 13.2. The maximum Gasteiger partial charge on any atom is 0.264 e. The molecule has 1 N–H and O–H groups in total. The zero-order valence-electron chi connectivity index (χ0n) is 14.5. The average molecular weight is 435 g/mol. The summed E-state index contributed by atoms with van der Waals surface area (Å²) in [4.78, 5) is 12.6. The number of benzene rings is 3. The van der Waals surface area contributed by atoms with Crippen LogP contribution >= 0.6 is 23.2 Å². The van der Waals surface area contributed by atoms with E-state index in [1.54, 1.807) is 48.5 Å². The smallest absolute Gasteiger partial charge is 0.264 e. The lowest BCUT2D eigenvalue weighted by atomic mass is 10.3. The first-order valence-corrected chi connectivity index (χ1v) is 10.4. The van der Waals surface area contributed by atoms with Gasteiger partial charge in [-0.3, -0.25) is 9.10 Å². The van der Waals surface area contributed by atoms with Crippen molar-refractivity contribution < 1.29 is 13.2 Å². The van der Waals surface area contributed by atoms with Crippen molar-refractivity contribution in [2.24, 2.45) is 0 Å². The van der Waals surface area contributed by atoms with Crippen molar-refractivity contribution in [2.45, 2.75) is 4.90 Å². The summed E-state index contributed by atoms with van der Waals surface area (Å²) < 4.78 is 27.4. The molecule has 0 atom stereocenters. The fourth-order valence-electron chi connectivity index (χ4n) is 2.51. The van der Waals surface area contributed by atoms with Gasteiger partial charge in [-0.15, -0.1) is 0 Å². The molecule has 3 rings (SSSR count). The number of anilines is 2. The van der Waals surface area contributed by atoms with Gasteiger partial charge in [-0.25, -0.2) is 8.42 Å². The number of hydrogen-bond donors (Lipinski definition) is 1. The number of rotatable bonds is 6. The van der Waals surface area contributed by atoms with Crippen LogP contribution in [-0.2, 0) is 14.8 Å². The molecule has 0 radical (unpaired) electrons. The largest absolute Gasteiger partial charge is 0.325 e. The van der Waals surface area contributed by atoms with Crippen LogP contribution in [0.3, 0.4) is 0 Å². The number of para-hydroxylation sites is 1. The van der Waals surface area contributed by atoms with Gasteiger partial charge in [-0.05, 0) is 60.7 Å². The summed E-state index contributed by atoms with van der Waals surface area (Å²) in [6, 6.07) is 20.8. The van der Waals surface area contributed by atoms with E-state index >= 15 is 0 Å². The summed E-state index contributed by atoms with van der Waals surface area (Å²) in [6.45, 7) is -0.401. The zero-order valence-corrected chi connectivity index (χ0v) is 16.9. The summed E-state index contributed by atoms with van der Waals surface area (Å²) in [5, 5.41) is 3.57. The van der Waals surface area contributed by atoms with Crippen molar-refractivity contribution in [2.75, 3.05) is 16.2 Å². The minimum Gasteiger partial charge on any atom is -0.325 e. The molecule has 0 aliphatic carbocycles. The maximum atomic E-state index is 13.2. The third kappa shape index (κ3) is 4.84. The topological polar surface area (TPSA) is 66.5 Å². The van der Waals surface area contributed by atoms with E-state index < -0.39 is 22.5 Å². The molecule has 28 heavy (non-hydrogen) atoms. The first-order valence-electron chi connectivity index (χ1n) is 8.25. The highest BCUT2D eigenvalue weighted by Crippen LogP contribution is 2.26. The molecule has 1 amide bonds. The number of nitrogens with zero attached hydrogens (tertiary/aromatic N) is 1. The third-order valence-corrected chi connectivity index (χ3v) is 6.15. The Morgan fingerprint density at radius 2 is 1.36 bits per heavy atom. The van der Waals surface area contributed by atoms with Gasteiger partial charge < -0.3 is 5.32 Å². The summed E-state index contributed by atoms with van der Waals surface area (Å²) >= 11 is 11.8. The summed E-state index contributed by atoms with van der Waals surface area (Å²) in [5.41, 5.74) is 0.898. The molecule has 0 aromatic heterocycles. The van der Waals surface area contributed by atoms with Gasteiger partial charge >= 0.3 is 0 Å². The Kier molecular flexibility index (Phi) is 6.24. The Labute approximate surface area is 173 Å². The van der Waals surface area contributed by atoms with Crippen LogP contribution in [0, 0.1) is 0 Å². The highest BCUT2D eigenvalue weighted by Gasteiger charge is 2.27. The van der Waals surface area contributed by atoms with Crippen LogP contribution in [0.15, 0.2) is 83.8 Å². The highest BCUT2D eigenvalue weighted by atomic mass is 35.5. The summed E-state index contributed by atoms with van der Waals surface area (Å²) in [6.07, 6.45) is 0. The SMILES string of the molecule is O=C(CN(c1ccc(Cl)cc1)S(=O)(=O)c1ccc(Cl)cc1)Nc1ccccc1. The van der Waals surface area contributed by atoms with E-state index in [2.05, 4.69) is 5.32 Å². The van der Waals surface area contributed by atoms with E-state index in [9.17, 15) is 13.2 Å². The van der Waals surface area contributed by atoms with Crippen molar-refractivity contribution in [3.63, 3.8) is 0 Å². The Bertz CT molecular complexity index is 1050. The molecule has 0 unspecified atom stereocenters. The Hall–Kier alpha value is -2.54. The first-order chi connectivity index (χ1) is 13.4. The zero-order chi connectivity index (χ0) is 20.1. The van der Waals surface area contributed by atoms with Crippen molar-refractivity contribution >= 4 is 50.5 Å². The number of amides is 1. The second-order valence-electron chi connectivity index (χ2n) is 5.86. The van der Waals surface area contributed by atoms with E-state index in [1.807, 2.05) is 6.07 Å². The Morgan fingerprint density at radius 1 is 0.821 bits per heavy atom. The summed E-state index contributed by atoms with van der Waals surface area (Å²) in [5.74, 6) is -0.473. The second-order valence-corrected chi connectivity index (χ2v) is 8.59. The van der Waals surface area contributed by atoms with Crippen LogP contribution < -0.4 is 9.62 Å². The predicted molar refractivity (Wildman–Crippen MR) is 113 cm³/mol. The number of carbonyl (C=O) groups is 1. The van der Waals surface area contributed by atoms with Crippen LogP contribution in [0.5, 0.6) is 0 Å². The fraction of sp³-hybridized carbons (Fsp3) is 0.0500. The second kappa shape index (κ2) is 8.65. The Balaban J connectivity index is 1.94. The quantitative estimate of drug-likeness (QED) is 0.603. The van der Waals surface area contributed by atoms with Gasteiger partial charge in [-0.1, -0.05) is 41.4 Å². The number of hydrogen-bond acceptors (Lipinski definition) is 3.